The summed E-state index contributed by atoms with van der Waals surface area (Å²) in [4.78, 5) is 27.8. The van der Waals surface area contributed by atoms with Gasteiger partial charge < -0.3 is 98.1 Å². The van der Waals surface area contributed by atoms with Gasteiger partial charge in [-0.1, -0.05) is 40.2 Å². The van der Waals surface area contributed by atoms with Crippen LogP contribution in [0.3, 0.4) is 0 Å². The van der Waals surface area contributed by atoms with Gasteiger partial charge in [-0.3, -0.25) is 23.2 Å². The molecule has 34 nitrogen and oxygen atoms in total. The van der Waals surface area contributed by atoms with Gasteiger partial charge in [0.15, 0.2) is 37.2 Å². The number of ether oxygens (including phenoxy) is 11. The predicted molar refractivity (Wildman–Crippen MR) is 292 cm³/mol. The lowest BCUT2D eigenvalue weighted by Gasteiger charge is -2.61. The minimum absolute atomic E-state index is 0.0287. The monoisotopic (exact) mass is 1360 g/mol. The molecule has 518 valence electrons. The Balaban J connectivity index is 1.00. The zero-order valence-corrected chi connectivity index (χ0v) is 52.8. The van der Waals surface area contributed by atoms with Crippen LogP contribution in [0.1, 0.15) is 93.4 Å². The standard InChI is InChI=1S/C53H84O34S3/c1-20(54)22-9-14-53(7)31-23(10-13-52(22,53)6)51(5)12-11-30(50(3,4)29(51)15-24(31)55)82-48-43(35(60)28(17-76-48)87-90(71,72)73)86-49-44(85-45-36(61)32(57)25(56)16-75-45)37(62)40(21(2)79-49)83-47-39(64)42(34(59)27(81-47)19-78-89(68,69)70)84-46-38(63)41(74-8)33(58)26(80-46)18-77-88(65,66)67/h21-22,25-30,32-49,56-64H,9-19H2,1-8H3,(H,65,66,67)(H,68,69,70)(H,71,72,73). The average Bonchev–Trinajstić information content (AvgIpc) is 1.25. The lowest BCUT2D eigenvalue weighted by Crippen LogP contribution is -2.68. The Hall–Kier alpha value is -2.11. The summed E-state index contributed by atoms with van der Waals surface area (Å²) in [7, 11) is -14.8. The van der Waals surface area contributed by atoms with Gasteiger partial charge in [0.2, 0.25) is 0 Å². The first-order valence-corrected chi connectivity index (χ1v) is 33.5. The number of rotatable bonds is 20. The Morgan fingerprint density at radius 1 is 0.578 bits per heavy atom. The Morgan fingerprint density at radius 2 is 1.12 bits per heavy atom. The molecule has 12 N–H and O–H groups in total. The first-order valence-electron chi connectivity index (χ1n) is 29.5. The van der Waals surface area contributed by atoms with Crippen molar-refractivity contribution in [2.75, 3.05) is 33.5 Å². The van der Waals surface area contributed by atoms with E-state index >= 15 is 0 Å². The van der Waals surface area contributed by atoms with Crippen molar-refractivity contribution in [2.24, 2.45) is 33.5 Å². The summed E-state index contributed by atoms with van der Waals surface area (Å²) in [5.74, 6) is -0.478. The fourth-order valence-corrected chi connectivity index (χ4v) is 16.7. The third-order valence-corrected chi connectivity index (χ3v) is 22.0. The molecule has 0 bridgehead atoms. The summed E-state index contributed by atoms with van der Waals surface area (Å²) in [5, 5.41) is 102. The molecular weight excluding hydrogens is 1280 g/mol. The largest absolute Gasteiger partial charge is 0.397 e. The highest BCUT2D eigenvalue weighted by Gasteiger charge is 2.67. The minimum Gasteiger partial charge on any atom is -0.388 e. The van der Waals surface area contributed by atoms with Gasteiger partial charge in [-0.15, -0.1) is 0 Å². The van der Waals surface area contributed by atoms with E-state index in [9.17, 15) is 94.5 Å². The van der Waals surface area contributed by atoms with Gasteiger partial charge in [0, 0.05) is 30.4 Å². The van der Waals surface area contributed by atoms with Crippen LogP contribution in [0.2, 0.25) is 0 Å². The number of methoxy groups -OCH3 is 1. The maximum Gasteiger partial charge on any atom is 0.397 e. The van der Waals surface area contributed by atoms with Crippen molar-refractivity contribution in [1.29, 1.82) is 0 Å². The number of aliphatic hydroxyl groups excluding tert-OH is 9. The molecule has 37 heteroatoms. The van der Waals surface area contributed by atoms with E-state index in [0.29, 0.717) is 38.5 Å². The SMILES string of the molecule is COC1C(O)C(COS(=O)(=O)O)OC(OC2C(O)C(COS(=O)(=O)O)OC(OC3C(C)OC(OC4C(OC5CCC6(C)C7=C(C(=O)CC6C5(C)C)C5(C)CCC(C(C)=O)C5(C)CC7)OCC(OS(=O)(=O)O)C4O)C(OC4OCC(O)C(O)C4O)C3O)C2O)C1O. The Kier molecular flexibility index (Phi) is 21.4. The fraction of sp³-hybridized carbons (Fsp3) is 0.925. The van der Waals surface area contributed by atoms with Crippen molar-refractivity contribution in [3.8, 4) is 0 Å². The fourth-order valence-electron chi connectivity index (χ4n) is 15.7. The number of hydrogen-bond acceptors (Lipinski definition) is 31. The molecule has 2 saturated carbocycles. The van der Waals surface area contributed by atoms with Crippen molar-refractivity contribution in [2.45, 2.75) is 241 Å². The highest BCUT2D eigenvalue weighted by Crippen LogP contribution is 2.71. The number of hydrogen-bond donors (Lipinski definition) is 12. The van der Waals surface area contributed by atoms with Gasteiger partial charge in [-0.25, -0.2) is 12.5 Å². The van der Waals surface area contributed by atoms with Crippen LogP contribution in [-0.2, 0) is 105 Å². The van der Waals surface area contributed by atoms with Crippen LogP contribution in [-0.4, -0.2) is 277 Å². The molecule has 5 heterocycles. The van der Waals surface area contributed by atoms with E-state index in [1.807, 2.05) is 13.8 Å². The summed E-state index contributed by atoms with van der Waals surface area (Å²) in [6.07, 6.45) is -43.2. The number of carbonyl (C=O) groups is 2. The zero-order chi connectivity index (χ0) is 66.5. The summed E-state index contributed by atoms with van der Waals surface area (Å²) in [6.45, 7) is 9.22. The maximum absolute atomic E-state index is 14.8. The molecule has 9 rings (SSSR count). The van der Waals surface area contributed by atoms with Crippen LogP contribution in [0, 0.1) is 33.5 Å². The van der Waals surface area contributed by atoms with Gasteiger partial charge in [0.05, 0.1) is 38.6 Å². The number of carbonyl (C=O) groups excluding carboxylic acids is 2. The van der Waals surface area contributed by atoms with Crippen LogP contribution < -0.4 is 0 Å². The first-order chi connectivity index (χ1) is 41.7. The lowest BCUT2D eigenvalue weighted by molar-refractivity contribution is -0.402. The molecule has 90 heavy (non-hydrogen) atoms. The van der Waals surface area contributed by atoms with E-state index in [1.165, 1.54) is 6.92 Å². The Bertz CT molecular complexity index is 2970. The van der Waals surface area contributed by atoms with E-state index in [-0.39, 0.29) is 29.8 Å². The summed E-state index contributed by atoms with van der Waals surface area (Å²) in [5.41, 5.74) is -0.523. The lowest BCUT2D eigenvalue weighted by atomic mass is 9.43. The number of ketones is 2. The van der Waals surface area contributed by atoms with Gasteiger partial charge in [0.25, 0.3) is 0 Å². The van der Waals surface area contributed by atoms with Gasteiger partial charge in [-0.05, 0) is 74.5 Å². The molecule has 4 aliphatic carbocycles. The minimum atomic E-state index is -5.34. The van der Waals surface area contributed by atoms with Crippen molar-refractivity contribution in [1.82, 2.24) is 0 Å². The van der Waals surface area contributed by atoms with Crippen LogP contribution >= 0.6 is 0 Å². The molecule has 0 aromatic heterocycles. The predicted octanol–water partition coefficient (Wildman–Crippen LogP) is -3.57. The summed E-state index contributed by atoms with van der Waals surface area (Å²) < 4.78 is 178. The van der Waals surface area contributed by atoms with Gasteiger partial charge in [-0.2, -0.15) is 25.3 Å². The number of fused-ring (bicyclic) bond motifs is 4. The van der Waals surface area contributed by atoms with E-state index in [0.717, 1.165) is 18.3 Å². The summed E-state index contributed by atoms with van der Waals surface area (Å²) >= 11 is 0. The molecule has 9 aliphatic rings. The van der Waals surface area contributed by atoms with Crippen LogP contribution in [0.15, 0.2) is 11.1 Å². The number of aliphatic hydroxyl groups is 9. The topological polar surface area (TPSA) is 509 Å². The third-order valence-electron chi connectivity index (χ3n) is 20.6. The van der Waals surface area contributed by atoms with E-state index in [4.69, 9.17) is 56.3 Å². The molecule has 5 saturated heterocycles. The molecule has 5 aliphatic heterocycles. The van der Waals surface area contributed by atoms with Crippen LogP contribution in [0.4, 0.5) is 0 Å². The van der Waals surface area contributed by atoms with Crippen LogP contribution in [0.5, 0.6) is 0 Å². The maximum atomic E-state index is 14.8. The molecule has 7 fully saturated rings. The molecule has 0 spiro atoms. The van der Waals surface area contributed by atoms with E-state index in [1.54, 1.807) is 6.92 Å². The van der Waals surface area contributed by atoms with Crippen molar-refractivity contribution in [3.05, 3.63) is 11.1 Å². The molecule has 29 unspecified atom stereocenters. The quantitative estimate of drug-likeness (QED) is 0.0525. The highest BCUT2D eigenvalue weighted by molar-refractivity contribution is 7.81. The third kappa shape index (κ3) is 14.0. The van der Waals surface area contributed by atoms with E-state index in [2.05, 4.69) is 29.1 Å². The molecular formula is C53H84O34S3. The molecule has 0 amide bonds. The highest BCUT2D eigenvalue weighted by atomic mass is 32.3. The average molecular weight is 1360 g/mol. The van der Waals surface area contributed by atoms with Crippen molar-refractivity contribution in [3.63, 3.8) is 0 Å². The first kappa shape index (κ1) is 72.2. The molecule has 0 aromatic rings. The molecule has 29 atom stereocenters. The Morgan fingerprint density at radius 3 is 1.70 bits per heavy atom. The Labute approximate surface area is 519 Å². The second-order valence-electron chi connectivity index (χ2n) is 26.2. The van der Waals surface area contributed by atoms with Gasteiger partial charge in [0.1, 0.15) is 110 Å². The molecule has 0 radical (unpaired) electrons. The summed E-state index contributed by atoms with van der Waals surface area (Å²) in [6, 6.07) is 0. The zero-order valence-electron chi connectivity index (χ0n) is 50.4. The number of allylic oxidation sites excluding steroid dienone is 2. The van der Waals surface area contributed by atoms with Crippen LogP contribution in [0.25, 0.3) is 0 Å². The normalized spacial score (nSPS) is 47.7. The number of Topliss-reactive ketones (excluding diaryl/α,β-unsaturated/α-hetero) is 2. The molecule has 0 aromatic carbocycles. The van der Waals surface area contributed by atoms with Crippen molar-refractivity contribution < 1.29 is 159 Å². The smallest absolute Gasteiger partial charge is 0.388 e. The second-order valence-corrected chi connectivity index (χ2v) is 29.4. The van der Waals surface area contributed by atoms with Gasteiger partial charge >= 0.3 is 31.2 Å². The van der Waals surface area contributed by atoms with Crippen molar-refractivity contribution >= 4 is 42.8 Å². The second kappa shape index (κ2) is 26.7. The van der Waals surface area contributed by atoms with E-state index < -0.39 is 227 Å².